The Labute approximate surface area is 87.4 Å². The van der Waals surface area contributed by atoms with E-state index in [-0.39, 0.29) is 5.60 Å². The van der Waals surface area contributed by atoms with Crippen molar-refractivity contribution in [3.05, 3.63) is 0 Å². The molecular weight excluding hydrogens is 174 g/mol. The Morgan fingerprint density at radius 1 is 1.07 bits per heavy atom. The van der Waals surface area contributed by atoms with Gasteiger partial charge in [0.05, 0.1) is 5.60 Å². The fraction of sp³-hybridized carbons (Fsp3) is 1.00. The lowest BCUT2D eigenvalue weighted by Gasteiger charge is -2.43. The molecule has 3 fully saturated rings. The molecule has 14 heavy (non-hydrogen) atoms. The Morgan fingerprint density at radius 2 is 1.71 bits per heavy atom. The molecule has 0 aliphatic heterocycles. The predicted octanol–water partition coefficient (Wildman–Crippen LogP) is 2.88. The molecule has 2 bridgehead atoms. The van der Waals surface area contributed by atoms with E-state index in [1.54, 1.807) is 0 Å². The van der Waals surface area contributed by atoms with Gasteiger partial charge in [0.2, 0.25) is 0 Å². The first kappa shape index (κ1) is 10.4. The summed E-state index contributed by atoms with van der Waals surface area (Å²) >= 11 is 0. The topological polar surface area (TPSA) is 21.3 Å². The van der Waals surface area contributed by atoms with Gasteiger partial charge in [0, 0.05) is 6.04 Å². The van der Waals surface area contributed by atoms with Crippen LogP contribution in [-0.4, -0.2) is 11.6 Å². The van der Waals surface area contributed by atoms with Gasteiger partial charge in [-0.1, -0.05) is 12.8 Å². The second kappa shape index (κ2) is 3.82. The van der Waals surface area contributed by atoms with Crippen LogP contribution in [0.4, 0.5) is 0 Å². The van der Waals surface area contributed by atoms with Gasteiger partial charge in [-0.05, 0) is 51.9 Å². The van der Waals surface area contributed by atoms with Gasteiger partial charge in [0.15, 0.2) is 0 Å². The fourth-order valence-corrected chi connectivity index (χ4v) is 2.77. The maximum absolute atomic E-state index is 5.67. The zero-order chi connectivity index (χ0) is 10.2. The van der Waals surface area contributed by atoms with Crippen molar-refractivity contribution in [3.63, 3.8) is 0 Å². The maximum atomic E-state index is 5.67. The summed E-state index contributed by atoms with van der Waals surface area (Å²) < 4.78 is 0. The molecule has 0 aromatic carbocycles. The monoisotopic (exact) mass is 197 g/mol. The third kappa shape index (κ3) is 2.48. The van der Waals surface area contributed by atoms with Gasteiger partial charge in [0.25, 0.3) is 0 Å². The number of hydroxylamine groups is 1. The average molecular weight is 197 g/mol. The number of hydrogen-bond donors (Lipinski definition) is 1. The molecule has 0 aromatic heterocycles. The Kier molecular flexibility index (Phi) is 2.85. The molecule has 3 aliphatic carbocycles. The van der Waals surface area contributed by atoms with Gasteiger partial charge in [0.1, 0.15) is 0 Å². The molecule has 0 heterocycles. The summed E-state index contributed by atoms with van der Waals surface area (Å²) in [6.45, 7) is 6.29. The summed E-state index contributed by atoms with van der Waals surface area (Å²) in [5.41, 5.74) is 3.23. The first-order valence-corrected chi connectivity index (χ1v) is 5.98. The minimum Gasteiger partial charge on any atom is -0.296 e. The maximum Gasteiger partial charge on any atom is 0.0813 e. The van der Waals surface area contributed by atoms with E-state index in [0.29, 0.717) is 6.04 Å². The lowest BCUT2D eigenvalue weighted by atomic mass is 9.68. The van der Waals surface area contributed by atoms with Gasteiger partial charge < -0.3 is 0 Å². The minimum absolute atomic E-state index is 0.0588. The highest BCUT2D eigenvalue weighted by Crippen LogP contribution is 2.41. The van der Waals surface area contributed by atoms with Gasteiger partial charge >= 0.3 is 0 Å². The Bertz CT molecular complexity index is 189. The van der Waals surface area contributed by atoms with Crippen LogP contribution >= 0.6 is 0 Å². The van der Waals surface area contributed by atoms with E-state index >= 15 is 0 Å². The van der Waals surface area contributed by atoms with Crippen LogP contribution < -0.4 is 5.48 Å². The van der Waals surface area contributed by atoms with Crippen LogP contribution in [-0.2, 0) is 4.84 Å². The zero-order valence-corrected chi connectivity index (χ0v) is 9.68. The molecule has 0 saturated heterocycles. The van der Waals surface area contributed by atoms with Crippen LogP contribution in [0.2, 0.25) is 0 Å². The highest BCUT2D eigenvalue weighted by molar-refractivity contribution is 4.89. The molecule has 1 N–H and O–H groups in total. The molecule has 0 aromatic rings. The third-order valence-corrected chi connectivity index (χ3v) is 3.56. The summed E-state index contributed by atoms with van der Waals surface area (Å²) in [6, 6.07) is 0.627. The number of fused-ring (bicyclic) bond motifs is 3. The van der Waals surface area contributed by atoms with Crippen molar-refractivity contribution in [2.24, 2.45) is 11.8 Å². The molecule has 3 saturated carbocycles. The van der Waals surface area contributed by atoms with Crippen molar-refractivity contribution in [3.8, 4) is 0 Å². The molecule has 3 aliphatic rings. The van der Waals surface area contributed by atoms with Gasteiger partial charge in [-0.15, -0.1) is 0 Å². The first-order chi connectivity index (χ1) is 6.54. The van der Waals surface area contributed by atoms with Crippen LogP contribution in [0, 0.1) is 11.8 Å². The lowest BCUT2D eigenvalue weighted by Crippen LogP contribution is -2.47. The van der Waals surface area contributed by atoms with Crippen molar-refractivity contribution >= 4 is 0 Å². The second-order valence-corrected chi connectivity index (χ2v) is 5.96. The summed E-state index contributed by atoms with van der Waals surface area (Å²) in [5, 5.41) is 0. The number of nitrogens with one attached hydrogen (secondary N) is 1. The van der Waals surface area contributed by atoms with E-state index in [0.717, 1.165) is 11.8 Å². The molecule has 0 radical (unpaired) electrons. The number of rotatable bonds is 2. The van der Waals surface area contributed by atoms with Crippen molar-refractivity contribution in [1.29, 1.82) is 0 Å². The van der Waals surface area contributed by atoms with Gasteiger partial charge in [-0.25, -0.2) is 0 Å². The van der Waals surface area contributed by atoms with Gasteiger partial charge in [-0.2, -0.15) is 5.48 Å². The highest BCUT2D eigenvalue weighted by Gasteiger charge is 2.36. The quantitative estimate of drug-likeness (QED) is 0.687. The van der Waals surface area contributed by atoms with Crippen LogP contribution in [0.5, 0.6) is 0 Å². The SMILES string of the molecule is CC(C)(C)ONC1CC2CCC1CC2. The van der Waals surface area contributed by atoms with Crippen LogP contribution in [0.1, 0.15) is 52.9 Å². The Hall–Kier alpha value is -0.0800. The van der Waals surface area contributed by atoms with E-state index < -0.39 is 0 Å². The van der Waals surface area contributed by atoms with E-state index in [1.165, 1.54) is 32.1 Å². The second-order valence-electron chi connectivity index (χ2n) is 5.96. The predicted molar refractivity (Wildman–Crippen MR) is 57.8 cm³/mol. The van der Waals surface area contributed by atoms with Crippen LogP contribution in [0.15, 0.2) is 0 Å². The zero-order valence-electron chi connectivity index (χ0n) is 9.68. The highest BCUT2D eigenvalue weighted by atomic mass is 16.7. The molecule has 0 amide bonds. The molecule has 2 nitrogen and oxygen atoms in total. The molecular formula is C12H23NO. The van der Waals surface area contributed by atoms with Crippen molar-refractivity contribution < 1.29 is 4.84 Å². The summed E-state index contributed by atoms with van der Waals surface area (Å²) in [4.78, 5) is 5.67. The van der Waals surface area contributed by atoms with Crippen molar-refractivity contribution in [1.82, 2.24) is 5.48 Å². The summed E-state index contributed by atoms with van der Waals surface area (Å²) in [5.74, 6) is 1.85. The van der Waals surface area contributed by atoms with E-state index in [4.69, 9.17) is 4.84 Å². The fourth-order valence-electron chi connectivity index (χ4n) is 2.77. The largest absolute Gasteiger partial charge is 0.296 e. The molecule has 82 valence electrons. The minimum atomic E-state index is -0.0588. The van der Waals surface area contributed by atoms with Crippen LogP contribution in [0.3, 0.4) is 0 Å². The lowest BCUT2D eigenvalue weighted by molar-refractivity contribution is -0.111. The molecule has 1 atom stereocenters. The first-order valence-electron chi connectivity index (χ1n) is 5.98. The Morgan fingerprint density at radius 3 is 2.14 bits per heavy atom. The molecule has 0 spiro atoms. The standard InChI is InChI=1S/C12H23NO/c1-12(2,3)14-13-11-8-9-4-6-10(11)7-5-9/h9-11,13H,4-8H2,1-3H3. The summed E-state index contributed by atoms with van der Waals surface area (Å²) in [7, 11) is 0. The van der Waals surface area contributed by atoms with Crippen LogP contribution in [0.25, 0.3) is 0 Å². The van der Waals surface area contributed by atoms with E-state index in [9.17, 15) is 0 Å². The van der Waals surface area contributed by atoms with E-state index in [2.05, 4.69) is 26.3 Å². The molecule has 1 unspecified atom stereocenters. The van der Waals surface area contributed by atoms with E-state index in [1.807, 2.05) is 0 Å². The van der Waals surface area contributed by atoms with Crippen molar-refractivity contribution in [2.75, 3.05) is 0 Å². The van der Waals surface area contributed by atoms with Gasteiger partial charge in [-0.3, -0.25) is 4.84 Å². The molecule has 2 heteroatoms. The Balaban J connectivity index is 1.81. The average Bonchev–Trinajstić information content (AvgIpc) is 2.16. The normalized spacial score (nSPS) is 37.5. The number of hydrogen-bond acceptors (Lipinski definition) is 2. The molecule has 3 rings (SSSR count). The smallest absolute Gasteiger partial charge is 0.0813 e. The summed E-state index contributed by atoms with van der Waals surface area (Å²) in [6.07, 6.45) is 7.07. The third-order valence-electron chi connectivity index (χ3n) is 3.56. The van der Waals surface area contributed by atoms with Crippen molar-refractivity contribution in [2.45, 2.75) is 64.5 Å².